The number of allylic oxidation sites excluding steroid dienone is 1. The molecule has 0 saturated heterocycles. The van der Waals surface area contributed by atoms with Crippen molar-refractivity contribution in [1.82, 2.24) is 4.90 Å². The summed E-state index contributed by atoms with van der Waals surface area (Å²) in [6.45, 7) is 2.05. The van der Waals surface area contributed by atoms with E-state index in [0.29, 0.717) is 0 Å². The quantitative estimate of drug-likeness (QED) is 0.513. The van der Waals surface area contributed by atoms with Crippen molar-refractivity contribution in [3.05, 3.63) is 119 Å². The first-order valence-electron chi connectivity index (χ1n) is 11.0. The van der Waals surface area contributed by atoms with Gasteiger partial charge in [0.25, 0.3) is 0 Å². The molecule has 4 heteroatoms. The summed E-state index contributed by atoms with van der Waals surface area (Å²) in [6, 6.07) is 29.4. The van der Waals surface area contributed by atoms with Gasteiger partial charge in [-0.15, -0.1) is 0 Å². The van der Waals surface area contributed by atoms with Crippen LogP contribution in [0.2, 0.25) is 0 Å². The van der Waals surface area contributed by atoms with E-state index in [2.05, 4.69) is 79.6 Å². The number of dihydropyridines is 1. The fourth-order valence-electron chi connectivity index (χ4n) is 4.22. The van der Waals surface area contributed by atoms with Crippen LogP contribution in [-0.2, 0) is 0 Å². The Morgan fingerprint density at radius 3 is 2.03 bits per heavy atom. The van der Waals surface area contributed by atoms with Crippen LogP contribution in [0.3, 0.4) is 0 Å². The predicted octanol–water partition coefficient (Wildman–Crippen LogP) is 5.99. The SMILES string of the molecule is CC1=NC(c2ccc(C3N=C(c4ccccc4)N=C(c4ccccc4)N3C)cc2)CC=C1. The van der Waals surface area contributed by atoms with Crippen molar-refractivity contribution >= 4 is 17.4 Å². The first kappa shape index (κ1) is 20.1. The highest BCUT2D eigenvalue weighted by Gasteiger charge is 2.26. The second kappa shape index (κ2) is 8.75. The molecule has 32 heavy (non-hydrogen) atoms. The standard InChI is InChI=1S/C28H26N4/c1-20-10-9-15-25(29-20)21-16-18-24(19-17-21)28-31-26(22-11-5-3-6-12-22)30-27(32(28)2)23-13-7-4-8-14-23/h3-14,16-19,25,28H,15H2,1-2H3. The van der Waals surface area contributed by atoms with Crippen molar-refractivity contribution in [3.8, 4) is 0 Å². The van der Waals surface area contributed by atoms with Crippen LogP contribution in [0, 0.1) is 0 Å². The molecule has 3 aromatic rings. The molecule has 3 aromatic carbocycles. The van der Waals surface area contributed by atoms with Gasteiger partial charge in [-0.3, -0.25) is 4.99 Å². The second-order valence-corrected chi connectivity index (χ2v) is 8.20. The van der Waals surface area contributed by atoms with Crippen LogP contribution in [0.15, 0.2) is 112 Å². The molecule has 0 radical (unpaired) electrons. The summed E-state index contributed by atoms with van der Waals surface area (Å²) >= 11 is 0. The molecule has 0 amide bonds. The molecule has 0 aliphatic carbocycles. The lowest BCUT2D eigenvalue weighted by Crippen LogP contribution is -2.35. The number of hydrogen-bond acceptors (Lipinski definition) is 4. The van der Waals surface area contributed by atoms with Crippen molar-refractivity contribution in [2.24, 2.45) is 15.0 Å². The third kappa shape index (κ3) is 4.04. The van der Waals surface area contributed by atoms with Crippen molar-refractivity contribution < 1.29 is 0 Å². The minimum Gasteiger partial charge on any atom is -0.333 e. The third-order valence-corrected chi connectivity index (χ3v) is 5.92. The van der Waals surface area contributed by atoms with E-state index in [1.165, 1.54) is 5.56 Å². The second-order valence-electron chi connectivity index (χ2n) is 8.20. The van der Waals surface area contributed by atoms with E-state index < -0.39 is 0 Å². The molecule has 2 unspecified atom stereocenters. The molecule has 2 aliphatic rings. The molecule has 0 saturated carbocycles. The van der Waals surface area contributed by atoms with Gasteiger partial charge < -0.3 is 4.90 Å². The van der Waals surface area contributed by atoms with Crippen LogP contribution in [0.1, 0.15) is 47.8 Å². The van der Waals surface area contributed by atoms with E-state index >= 15 is 0 Å². The highest BCUT2D eigenvalue weighted by atomic mass is 15.3. The van der Waals surface area contributed by atoms with Gasteiger partial charge in [-0.05, 0) is 30.5 Å². The Morgan fingerprint density at radius 2 is 1.38 bits per heavy atom. The van der Waals surface area contributed by atoms with Gasteiger partial charge >= 0.3 is 0 Å². The molecular formula is C28H26N4. The smallest absolute Gasteiger partial charge is 0.159 e. The van der Waals surface area contributed by atoms with Gasteiger partial charge in [0, 0.05) is 23.9 Å². The molecule has 0 fully saturated rings. The maximum absolute atomic E-state index is 5.05. The molecule has 0 spiro atoms. The lowest BCUT2D eigenvalue weighted by Gasteiger charge is -2.32. The van der Waals surface area contributed by atoms with Gasteiger partial charge in [0.15, 0.2) is 5.84 Å². The van der Waals surface area contributed by atoms with E-state index in [-0.39, 0.29) is 12.2 Å². The van der Waals surface area contributed by atoms with Crippen LogP contribution in [-0.4, -0.2) is 29.3 Å². The Balaban J connectivity index is 1.52. The summed E-state index contributed by atoms with van der Waals surface area (Å²) in [5.74, 6) is 1.68. The zero-order valence-corrected chi connectivity index (χ0v) is 18.4. The molecule has 0 bridgehead atoms. The van der Waals surface area contributed by atoms with Crippen LogP contribution in [0.4, 0.5) is 0 Å². The monoisotopic (exact) mass is 418 g/mol. The average Bonchev–Trinajstić information content (AvgIpc) is 2.85. The summed E-state index contributed by atoms with van der Waals surface area (Å²) in [5.41, 5.74) is 5.56. The lowest BCUT2D eigenvalue weighted by molar-refractivity contribution is 0.382. The molecule has 158 valence electrons. The number of nitrogens with zero attached hydrogens (tertiary/aromatic N) is 4. The Hall–Kier alpha value is -3.79. The zero-order valence-electron chi connectivity index (χ0n) is 18.4. The minimum atomic E-state index is -0.150. The van der Waals surface area contributed by atoms with Crippen molar-refractivity contribution in [1.29, 1.82) is 0 Å². The third-order valence-electron chi connectivity index (χ3n) is 5.92. The number of rotatable bonds is 4. The molecular weight excluding hydrogens is 392 g/mol. The first-order valence-corrected chi connectivity index (χ1v) is 11.0. The highest BCUT2D eigenvalue weighted by molar-refractivity contribution is 6.12. The number of aliphatic imine (C=N–C) groups is 3. The van der Waals surface area contributed by atoms with Gasteiger partial charge in [0.2, 0.25) is 0 Å². The van der Waals surface area contributed by atoms with Crippen LogP contribution in [0.25, 0.3) is 0 Å². The summed E-state index contributed by atoms with van der Waals surface area (Å²) in [6.07, 6.45) is 5.09. The number of benzene rings is 3. The minimum absolute atomic E-state index is 0.150. The van der Waals surface area contributed by atoms with E-state index in [1.54, 1.807) is 0 Å². The Kier molecular flexibility index (Phi) is 5.51. The molecule has 0 N–H and O–H groups in total. The predicted molar refractivity (Wildman–Crippen MR) is 133 cm³/mol. The van der Waals surface area contributed by atoms with Crippen LogP contribution < -0.4 is 0 Å². The molecule has 2 aliphatic heterocycles. The Bertz CT molecular complexity index is 1210. The maximum Gasteiger partial charge on any atom is 0.159 e. The maximum atomic E-state index is 5.05. The van der Waals surface area contributed by atoms with Gasteiger partial charge in [0.05, 0.1) is 6.04 Å². The van der Waals surface area contributed by atoms with Gasteiger partial charge in [-0.2, -0.15) is 0 Å². The van der Waals surface area contributed by atoms with E-state index in [1.807, 2.05) is 36.4 Å². The molecule has 5 rings (SSSR count). The largest absolute Gasteiger partial charge is 0.333 e. The fraction of sp³-hybridized carbons (Fsp3) is 0.179. The van der Waals surface area contributed by atoms with Gasteiger partial charge in [0.1, 0.15) is 12.0 Å². The highest BCUT2D eigenvalue weighted by Crippen LogP contribution is 2.31. The van der Waals surface area contributed by atoms with Gasteiger partial charge in [-0.1, -0.05) is 91.0 Å². The van der Waals surface area contributed by atoms with E-state index in [4.69, 9.17) is 15.0 Å². The Labute approximate surface area is 189 Å². The Morgan fingerprint density at radius 1 is 0.750 bits per heavy atom. The topological polar surface area (TPSA) is 40.3 Å². The molecule has 2 atom stereocenters. The van der Waals surface area contributed by atoms with Crippen molar-refractivity contribution in [2.45, 2.75) is 25.6 Å². The summed E-state index contributed by atoms with van der Waals surface area (Å²) in [4.78, 5) is 16.9. The normalized spacial score (nSPS) is 20.4. The number of hydrogen-bond donors (Lipinski definition) is 0. The van der Waals surface area contributed by atoms with Crippen molar-refractivity contribution in [3.63, 3.8) is 0 Å². The molecule has 0 aromatic heterocycles. The number of amidine groups is 2. The van der Waals surface area contributed by atoms with Crippen LogP contribution >= 0.6 is 0 Å². The first-order chi connectivity index (χ1) is 15.7. The fourth-order valence-corrected chi connectivity index (χ4v) is 4.22. The zero-order chi connectivity index (χ0) is 21.9. The van der Waals surface area contributed by atoms with Crippen LogP contribution in [0.5, 0.6) is 0 Å². The van der Waals surface area contributed by atoms with E-state index in [0.717, 1.165) is 40.5 Å². The summed E-state index contributed by atoms with van der Waals surface area (Å²) < 4.78 is 0. The molecule has 2 heterocycles. The average molecular weight is 419 g/mol. The van der Waals surface area contributed by atoms with Crippen molar-refractivity contribution in [2.75, 3.05) is 7.05 Å². The summed E-state index contributed by atoms with van der Waals surface area (Å²) in [7, 11) is 2.06. The molecule has 4 nitrogen and oxygen atoms in total. The summed E-state index contributed by atoms with van der Waals surface area (Å²) in [5, 5.41) is 0. The lowest BCUT2D eigenvalue weighted by atomic mass is 9.99. The van der Waals surface area contributed by atoms with E-state index in [9.17, 15) is 0 Å². The van der Waals surface area contributed by atoms with Gasteiger partial charge in [-0.25, -0.2) is 9.98 Å².